The first-order valence-electron chi connectivity index (χ1n) is 9.31. The van der Waals surface area contributed by atoms with E-state index in [-0.39, 0.29) is 16.3 Å². The maximum absolute atomic E-state index is 12.8. The highest BCUT2D eigenvalue weighted by atomic mass is 32.2. The van der Waals surface area contributed by atoms with E-state index >= 15 is 0 Å². The zero-order valence-electron chi connectivity index (χ0n) is 16.5. The van der Waals surface area contributed by atoms with Crippen LogP contribution in [0.5, 0.6) is 0 Å². The van der Waals surface area contributed by atoms with Crippen molar-refractivity contribution >= 4 is 33.0 Å². The molecule has 0 unspecified atom stereocenters. The van der Waals surface area contributed by atoms with Crippen LogP contribution in [0.15, 0.2) is 77.5 Å². The number of hydrogen-bond donors (Lipinski definition) is 2. The lowest BCUT2D eigenvalue weighted by Crippen LogP contribution is -2.24. The van der Waals surface area contributed by atoms with E-state index in [1.807, 2.05) is 43.3 Å². The summed E-state index contributed by atoms with van der Waals surface area (Å²) in [6, 6.07) is 15.9. The maximum atomic E-state index is 12.8. The summed E-state index contributed by atoms with van der Waals surface area (Å²) >= 11 is 1.08. The highest BCUT2D eigenvalue weighted by molar-refractivity contribution is 7.93. The molecule has 2 aromatic carbocycles. The van der Waals surface area contributed by atoms with Crippen LogP contribution < -0.4 is 10.0 Å². The maximum Gasteiger partial charge on any atom is 0.263 e. The molecule has 0 saturated heterocycles. The highest BCUT2D eigenvalue weighted by Gasteiger charge is 2.24. The van der Waals surface area contributed by atoms with Gasteiger partial charge in [0, 0.05) is 12.2 Å². The van der Waals surface area contributed by atoms with E-state index in [1.165, 1.54) is 12.4 Å². The molecule has 2 N–H and O–H groups in total. The minimum absolute atomic E-state index is 0.0443. The number of amides is 1. The molecule has 31 heavy (non-hydrogen) atoms. The van der Waals surface area contributed by atoms with Gasteiger partial charge in [-0.05, 0) is 48.2 Å². The van der Waals surface area contributed by atoms with Gasteiger partial charge in [0.2, 0.25) is 0 Å². The molecule has 0 saturated carbocycles. The number of hydrogen-bond acceptors (Lipinski definition) is 6. The van der Waals surface area contributed by atoms with Gasteiger partial charge in [0.05, 0.1) is 5.69 Å². The molecule has 1 amide bonds. The summed E-state index contributed by atoms with van der Waals surface area (Å²) in [6.45, 7) is 2.18. The second-order valence-electron chi connectivity index (χ2n) is 6.77. The van der Waals surface area contributed by atoms with Crippen molar-refractivity contribution in [2.45, 2.75) is 18.4 Å². The van der Waals surface area contributed by atoms with Crippen molar-refractivity contribution in [2.75, 3.05) is 4.72 Å². The van der Waals surface area contributed by atoms with Gasteiger partial charge in [-0.2, -0.15) is 5.10 Å². The van der Waals surface area contributed by atoms with E-state index in [0.717, 1.165) is 28.2 Å². The Morgan fingerprint density at radius 1 is 1.06 bits per heavy atom. The second kappa shape index (κ2) is 8.70. The summed E-state index contributed by atoms with van der Waals surface area (Å²) in [4.78, 5) is 16.7. The number of nitrogens with zero attached hydrogens (tertiary/aromatic N) is 3. The molecule has 0 aliphatic carbocycles. The van der Waals surface area contributed by atoms with Gasteiger partial charge in [0.15, 0.2) is 0 Å². The molecule has 0 bridgehead atoms. The van der Waals surface area contributed by atoms with E-state index in [9.17, 15) is 13.2 Å². The zero-order chi connectivity index (χ0) is 21.8. The van der Waals surface area contributed by atoms with Crippen molar-refractivity contribution in [1.29, 1.82) is 0 Å². The lowest BCUT2D eigenvalue weighted by atomic mass is 10.2. The summed E-state index contributed by atoms with van der Waals surface area (Å²) in [5.41, 5.74) is 3.18. The summed E-state index contributed by atoms with van der Waals surface area (Å²) < 4.78 is 29.8. The van der Waals surface area contributed by atoms with E-state index in [2.05, 4.69) is 20.1 Å². The van der Waals surface area contributed by atoms with Crippen LogP contribution in [0.4, 0.5) is 5.69 Å². The summed E-state index contributed by atoms with van der Waals surface area (Å²) in [5.74, 6) is -0.445. The van der Waals surface area contributed by atoms with Crippen LogP contribution in [0.3, 0.4) is 0 Å². The molecule has 0 aliphatic rings. The lowest BCUT2D eigenvalue weighted by molar-refractivity contribution is 0.0952. The minimum Gasteiger partial charge on any atom is -0.347 e. The number of aromatic nitrogens is 3. The largest absolute Gasteiger partial charge is 0.347 e. The van der Waals surface area contributed by atoms with Crippen LogP contribution in [0.2, 0.25) is 0 Å². The molecule has 4 rings (SSSR count). The zero-order valence-corrected chi connectivity index (χ0v) is 18.2. The van der Waals surface area contributed by atoms with Crippen molar-refractivity contribution < 1.29 is 13.2 Å². The van der Waals surface area contributed by atoms with Crippen LogP contribution in [-0.2, 0) is 16.6 Å². The number of carbonyl (C=O) groups is 1. The van der Waals surface area contributed by atoms with E-state index in [4.69, 9.17) is 0 Å². The van der Waals surface area contributed by atoms with Crippen LogP contribution in [0.1, 0.15) is 20.8 Å². The van der Waals surface area contributed by atoms with Gasteiger partial charge in [-0.1, -0.05) is 29.8 Å². The average Bonchev–Trinajstić information content (AvgIpc) is 3.46. The van der Waals surface area contributed by atoms with Crippen LogP contribution in [-0.4, -0.2) is 29.1 Å². The third-order valence-electron chi connectivity index (χ3n) is 4.50. The molecule has 158 valence electrons. The number of anilines is 1. The topological polar surface area (TPSA) is 106 Å². The summed E-state index contributed by atoms with van der Waals surface area (Å²) in [7, 11) is -3.89. The van der Waals surface area contributed by atoms with E-state index < -0.39 is 15.9 Å². The first kappa shape index (κ1) is 20.8. The van der Waals surface area contributed by atoms with Crippen molar-refractivity contribution in [3.63, 3.8) is 0 Å². The Morgan fingerprint density at radius 3 is 2.48 bits per heavy atom. The van der Waals surface area contributed by atoms with Gasteiger partial charge in [-0.3, -0.25) is 9.52 Å². The summed E-state index contributed by atoms with van der Waals surface area (Å²) in [5, 5.41) is 8.44. The predicted octanol–water partition coefficient (Wildman–Crippen LogP) is 3.37. The molecule has 2 aromatic heterocycles. The van der Waals surface area contributed by atoms with Gasteiger partial charge >= 0.3 is 0 Å². The molecular weight excluding hydrogens is 434 g/mol. The number of rotatable bonds is 7. The predicted molar refractivity (Wildman–Crippen MR) is 119 cm³/mol. The number of benzene rings is 2. The Morgan fingerprint density at radius 2 is 1.81 bits per heavy atom. The number of aryl methyl sites for hydroxylation is 1. The molecular formula is C21H19N5O3S2. The van der Waals surface area contributed by atoms with Gasteiger partial charge in [0.25, 0.3) is 15.9 Å². The first-order valence-corrected chi connectivity index (χ1v) is 11.7. The second-order valence-corrected chi connectivity index (χ2v) is 9.34. The Bertz CT molecular complexity index is 1280. The Hall–Kier alpha value is -3.50. The van der Waals surface area contributed by atoms with Crippen molar-refractivity contribution in [2.24, 2.45) is 0 Å². The molecule has 8 nitrogen and oxygen atoms in total. The van der Waals surface area contributed by atoms with Crippen LogP contribution in [0, 0.1) is 6.92 Å². The van der Waals surface area contributed by atoms with Crippen LogP contribution >= 0.6 is 11.3 Å². The van der Waals surface area contributed by atoms with Gasteiger partial charge < -0.3 is 5.32 Å². The molecule has 0 radical (unpaired) electrons. The van der Waals surface area contributed by atoms with Crippen molar-refractivity contribution in [3.8, 4) is 5.69 Å². The Balaban J connectivity index is 1.44. The molecule has 0 aliphatic heterocycles. The fourth-order valence-electron chi connectivity index (χ4n) is 2.88. The number of carbonyl (C=O) groups excluding carboxylic acids is 1. The van der Waals surface area contributed by atoms with Gasteiger partial charge in [0.1, 0.15) is 22.4 Å². The molecule has 2 heterocycles. The highest BCUT2D eigenvalue weighted by Crippen LogP contribution is 2.24. The third-order valence-corrected chi connectivity index (χ3v) is 6.97. The van der Waals surface area contributed by atoms with Crippen LogP contribution in [0.25, 0.3) is 5.69 Å². The first-order chi connectivity index (χ1) is 14.9. The Kier molecular flexibility index (Phi) is 5.83. The van der Waals surface area contributed by atoms with Crippen molar-refractivity contribution in [3.05, 3.63) is 88.6 Å². The molecule has 0 atom stereocenters. The number of thiophene rings is 1. The summed E-state index contributed by atoms with van der Waals surface area (Å²) in [6.07, 6.45) is 3.05. The fourth-order valence-corrected chi connectivity index (χ4v) is 5.28. The molecule has 0 fully saturated rings. The normalized spacial score (nSPS) is 11.3. The fraction of sp³-hybridized carbons (Fsp3) is 0.0952. The van der Waals surface area contributed by atoms with Gasteiger partial charge in [-0.25, -0.2) is 18.1 Å². The molecule has 10 heteroatoms. The average molecular weight is 454 g/mol. The molecule has 0 spiro atoms. The van der Waals surface area contributed by atoms with E-state index in [1.54, 1.807) is 28.5 Å². The third kappa shape index (κ3) is 4.81. The Labute approximate surface area is 183 Å². The smallest absolute Gasteiger partial charge is 0.263 e. The number of nitrogens with one attached hydrogen (secondary N) is 2. The monoisotopic (exact) mass is 453 g/mol. The minimum atomic E-state index is -3.89. The van der Waals surface area contributed by atoms with Gasteiger partial charge in [-0.15, -0.1) is 11.3 Å². The molecule has 4 aromatic rings. The van der Waals surface area contributed by atoms with Crippen molar-refractivity contribution in [1.82, 2.24) is 20.1 Å². The van der Waals surface area contributed by atoms with E-state index in [0.29, 0.717) is 5.69 Å². The number of sulfonamides is 1. The standard InChI is InChI=1S/C21H19N5O3S2/c1-15-2-6-17(7-3-15)25-31(28,29)19-10-11-30-20(19)21(27)23-12-16-4-8-18(9-5-16)26-14-22-13-24-26/h2-11,13-14,25H,12H2,1H3,(H,23,27). The SMILES string of the molecule is Cc1ccc(NS(=O)(=O)c2ccsc2C(=O)NCc2ccc(-n3cncn3)cc2)cc1. The quantitative estimate of drug-likeness (QED) is 0.446. The lowest BCUT2D eigenvalue weighted by Gasteiger charge is -2.10.